The van der Waals surface area contributed by atoms with Gasteiger partial charge in [0.1, 0.15) is 5.76 Å². The van der Waals surface area contributed by atoms with E-state index in [4.69, 9.17) is 4.52 Å². The van der Waals surface area contributed by atoms with Crippen molar-refractivity contribution in [3.05, 3.63) is 52.5 Å². The number of aliphatic carboxylic acids is 1. The van der Waals surface area contributed by atoms with Crippen LogP contribution in [0.25, 0.3) is 10.9 Å². The van der Waals surface area contributed by atoms with E-state index in [9.17, 15) is 14.7 Å². The molecule has 0 radical (unpaired) electrons. The number of nitrogens with zero attached hydrogens (tertiary/aromatic N) is 3. The fourth-order valence-electron chi connectivity index (χ4n) is 4.43. The highest BCUT2D eigenvalue weighted by Crippen LogP contribution is 2.32. The molecule has 1 aromatic carbocycles. The number of carbonyl (C=O) groups excluding carboxylic acids is 1. The minimum absolute atomic E-state index is 0.0221. The van der Waals surface area contributed by atoms with Crippen LogP contribution in [0.2, 0.25) is 0 Å². The predicted molar refractivity (Wildman–Crippen MR) is 108 cm³/mol. The molecule has 152 valence electrons. The summed E-state index contributed by atoms with van der Waals surface area (Å²) < 4.78 is 7.37. The van der Waals surface area contributed by atoms with Crippen molar-refractivity contribution in [3.8, 4) is 0 Å². The van der Waals surface area contributed by atoms with Gasteiger partial charge in [0.15, 0.2) is 0 Å². The van der Waals surface area contributed by atoms with Gasteiger partial charge >= 0.3 is 5.97 Å². The monoisotopic (exact) mass is 395 g/mol. The van der Waals surface area contributed by atoms with Crippen LogP contribution in [0.15, 0.2) is 28.8 Å². The van der Waals surface area contributed by atoms with E-state index in [1.165, 1.54) is 0 Å². The van der Waals surface area contributed by atoms with Crippen LogP contribution in [-0.4, -0.2) is 44.7 Å². The molecule has 3 heterocycles. The number of carboxylic acids is 1. The van der Waals surface area contributed by atoms with Crippen molar-refractivity contribution in [1.82, 2.24) is 14.6 Å². The van der Waals surface area contributed by atoms with Gasteiger partial charge in [0.2, 0.25) is 5.91 Å². The number of likely N-dealkylation sites (N-methyl/N-ethyl adjacent to an activating group) is 1. The Morgan fingerprint density at radius 2 is 2.00 bits per heavy atom. The van der Waals surface area contributed by atoms with Gasteiger partial charge in [-0.05, 0) is 38.3 Å². The average Bonchev–Trinajstić information content (AvgIpc) is 3.19. The standard InChI is InChI=1S/C22H25N3O4/c1-13-17(14(2)29-23-13)10-21(26)24(3)15-8-9-20-18(11-22(27)28)16-6-4-5-7-19(16)25(20)12-15/h4-7,15H,8-12H2,1-3H3,(H,27,28)/t15-/m1/s1. The van der Waals surface area contributed by atoms with E-state index in [1.807, 2.05) is 50.1 Å². The summed E-state index contributed by atoms with van der Waals surface area (Å²) in [6.07, 6.45) is 1.86. The molecule has 0 spiro atoms. The Bertz CT molecular complexity index is 1080. The molecule has 0 saturated heterocycles. The summed E-state index contributed by atoms with van der Waals surface area (Å²) in [4.78, 5) is 26.1. The van der Waals surface area contributed by atoms with Crippen molar-refractivity contribution in [1.29, 1.82) is 0 Å². The van der Waals surface area contributed by atoms with Crippen molar-refractivity contribution in [2.75, 3.05) is 7.05 Å². The van der Waals surface area contributed by atoms with Gasteiger partial charge in [-0.3, -0.25) is 9.59 Å². The molecule has 1 amide bonds. The normalized spacial score (nSPS) is 16.0. The molecular formula is C22H25N3O4. The Morgan fingerprint density at radius 3 is 2.69 bits per heavy atom. The largest absolute Gasteiger partial charge is 0.481 e. The molecule has 0 bridgehead atoms. The van der Waals surface area contributed by atoms with E-state index < -0.39 is 5.97 Å². The number of carbonyl (C=O) groups is 2. The van der Waals surface area contributed by atoms with Crippen LogP contribution < -0.4 is 0 Å². The lowest BCUT2D eigenvalue weighted by Crippen LogP contribution is -2.43. The summed E-state index contributed by atoms with van der Waals surface area (Å²) >= 11 is 0. The number of para-hydroxylation sites is 1. The summed E-state index contributed by atoms with van der Waals surface area (Å²) in [5.41, 5.74) is 4.63. The van der Waals surface area contributed by atoms with Crippen LogP contribution in [0.4, 0.5) is 0 Å². The quantitative estimate of drug-likeness (QED) is 0.718. The molecule has 0 aliphatic carbocycles. The van der Waals surface area contributed by atoms with Gasteiger partial charge in [-0.1, -0.05) is 23.4 Å². The van der Waals surface area contributed by atoms with Gasteiger partial charge in [-0.25, -0.2) is 0 Å². The summed E-state index contributed by atoms with van der Waals surface area (Å²) in [6.45, 7) is 4.34. The SMILES string of the molecule is Cc1noc(C)c1CC(=O)N(C)[C@@H]1CCc2c(CC(=O)O)c3ccccc3n2C1. The minimum Gasteiger partial charge on any atom is -0.481 e. The van der Waals surface area contributed by atoms with E-state index in [0.29, 0.717) is 12.3 Å². The smallest absolute Gasteiger partial charge is 0.307 e. The average molecular weight is 395 g/mol. The first kappa shape index (κ1) is 19.2. The lowest BCUT2D eigenvalue weighted by molar-refractivity contribution is -0.136. The molecule has 1 N–H and O–H groups in total. The molecular weight excluding hydrogens is 370 g/mol. The van der Waals surface area contributed by atoms with Crippen LogP contribution in [0, 0.1) is 13.8 Å². The lowest BCUT2D eigenvalue weighted by Gasteiger charge is -2.33. The number of hydrogen-bond donors (Lipinski definition) is 1. The number of aromatic nitrogens is 2. The molecule has 3 aromatic rings. The molecule has 0 unspecified atom stereocenters. The molecule has 0 fully saturated rings. The number of benzene rings is 1. The first-order valence-electron chi connectivity index (χ1n) is 9.85. The molecule has 1 aliphatic rings. The molecule has 4 rings (SSSR count). The summed E-state index contributed by atoms with van der Waals surface area (Å²) in [7, 11) is 1.85. The van der Waals surface area contributed by atoms with Crippen LogP contribution in [0.5, 0.6) is 0 Å². The first-order valence-corrected chi connectivity index (χ1v) is 9.85. The summed E-state index contributed by atoms with van der Waals surface area (Å²) in [5, 5.41) is 14.3. The third-order valence-corrected chi connectivity index (χ3v) is 6.08. The Morgan fingerprint density at radius 1 is 1.24 bits per heavy atom. The Balaban J connectivity index is 1.60. The molecule has 1 atom stereocenters. The fourth-order valence-corrected chi connectivity index (χ4v) is 4.43. The zero-order chi connectivity index (χ0) is 20.7. The number of carboxylic acid groups (broad SMARTS) is 1. The Labute approximate surface area is 168 Å². The Kier molecular flexibility index (Phi) is 4.90. The molecule has 29 heavy (non-hydrogen) atoms. The molecule has 2 aromatic heterocycles. The number of fused-ring (bicyclic) bond motifs is 3. The van der Waals surface area contributed by atoms with Crippen molar-refractivity contribution >= 4 is 22.8 Å². The van der Waals surface area contributed by atoms with Crippen LogP contribution in [0.1, 0.15) is 34.7 Å². The van der Waals surface area contributed by atoms with Crippen LogP contribution >= 0.6 is 0 Å². The third kappa shape index (κ3) is 3.41. The Hall–Kier alpha value is -3.09. The minimum atomic E-state index is -0.821. The second-order valence-corrected chi connectivity index (χ2v) is 7.80. The fraction of sp³-hybridized carbons (Fsp3) is 0.409. The molecule has 7 heteroatoms. The maximum absolute atomic E-state index is 12.9. The third-order valence-electron chi connectivity index (χ3n) is 6.08. The number of aryl methyl sites for hydroxylation is 2. The van der Waals surface area contributed by atoms with E-state index in [-0.39, 0.29) is 24.8 Å². The maximum Gasteiger partial charge on any atom is 0.307 e. The predicted octanol–water partition coefficient (Wildman–Crippen LogP) is 2.89. The van der Waals surface area contributed by atoms with Crippen LogP contribution in [-0.2, 0) is 35.4 Å². The number of amides is 1. The van der Waals surface area contributed by atoms with Gasteiger partial charge in [0.25, 0.3) is 0 Å². The van der Waals surface area contributed by atoms with Crippen molar-refractivity contribution in [2.45, 2.75) is 52.1 Å². The highest BCUT2D eigenvalue weighted by Gasteiger charge is 2.29. The second kappa shape index (κ2) is 7.39. The highest BCUT2D eigenvalue weighted by molar-refractivity contribution is 5.89. The van der Waals surface area contributed by atoms with Crippen molar-refractivity contribution < 1.29 is 19.2 Å². The maximum atomic E-state index is 12.9. The van der Waals surface area contributed by atoms with Gasteiger partial charge in [0, 0.05) is 41.8 Å². The number of rotatable bonds is 5. The first-order chi connectivity index (χ1) is 13.9. The van der Waals surface area contributed by atoms with E-state index >= 15 is 0 Å². The number of hydrogen-bond acceptors (Lipinski definition) is 4. The van der Waals surface area contributed by atoms with Crippen molar-refractivity contribution in [2.24, 2.45) is 0 Å². The molecule has 7 nitrogen and oxygen atoms in total. The van der Waals surface area contributed by atoms with Gasteiger partial charge in [0.05, 0.1) is 18.5 Å². The zero-order valence-corrected chi connectivity index (χ0v) is 16.9. The second-order valence-electron chi connectivity index (χ2n) is 7.80. The van der Waals surface area contributed by atoms with Gasteiger partial charge in [-0.2, -0.15) is 0 Å². The van der Waals surface area contributed by atoms with Crippen LogP contribution in [0.3, 0.4) is 0 Å². The molecule has 0 saturated carbocycles. The van der Waals surface area contributed by atoms with Gasteiger partial charge in [-0.15, -0.1) is 0 Å². The van der Waals surface area contributed by atoms with Crippen molar-refractivity contribution in [3.63, 3.8) is 0 Å². The van der Waals surface area contributed by atoms with E-state index in [0.717, 1.165) is 46.3 Å². The lowest BCUT2D eigenvalue weighted by atomic mass is 9.99. The summed E-state index contributed by atoms with van der Waals surface area (Å²) in [5.74, 6) is -0.0991. The zero-order valence-electron chi connectivity index (χ0n) is 16.9. The highest BCUT2D eigenvalue weighted by atomic mass is 16.5. The van der Waals surface area contributed by atoms with Gasteiger partial charge < -0.3 is 19.1 Å². The summed E-state index contributed by atoms with van der Waals surface area (Å²) in [6, 6.07) is 7.98. The van der Waals surface area contributed by atoms with E-state index in [2.05, 4.69) is 9.72 Å². The molecule has 1 aliphatic heterocycles. The topological polar surface area (TPSA) is 88.6 Å². The van der Waals surface area contributed by atoms with E-state index in [1.54, 1.807) is 0 Å².